The Hall–Kier alpha value is -0.570. The monoisotopic (exact) mass is 172 g/mol. The van der Waals surface area contributed by atoms with E-state index in [1.807, 2.05) is 0 Å². The second kappa shape index (κ2) is 8.53. The zero-order chi connectivity index (χ0) is 9.23. The molecule has 0 spiro atoms. The van der Waals surface area contributed by atoms with Gasteiger partial charge in [0, 0.05) is 13.0 Å². The van der Waals surface area contributed by atoms with Crippen LogP contribution < -0.4 is 5.32 Å². The van der Waals surface area contributed by atoms with Crippen LogP contribution in [0.4, 0.5) is 0 Å². The fourth-order valence-electron chi connectivity index (χ4n) is 0.881. The predicted molar refractivity (Wildman–Crippen MR) is 47.3 cm³/mol. The molecule has 0 unspecified atom stereocenters. The van der Waals surface area contributed by atoms with Gasteiger partial charge in [-0.1, -0.05) is 13.3 Å². The van der Waals surface area contributed by atoms with Crippen molar-refractivity contribution in [3.05, 3.63) is 0 Å². The highest BCUT2D eigenvalue weighted by Crippen LogP contribution is 1.94. The first-order valence-corrected chi connectivity index (χ1v) is 4.66. The molecule has 0 rings (SSSR count). The molecule has 1 amide bonds. The zero-order valence-electron chi connectivity index (χ0n) is 7.77. The number of hydrogen-bond donors (Lipinski definition) is 1. The first-order chi connectivity index (χ1) is 5.81. The maximum atomic E-state index is 11.0. The van der Waals surface area contributed by atoms with Crippen molar-refractivity contribution >= 4 is 5.91 Å². The number of unbranched alkanes of at least 4 members (excludes halogenated alkanes) is 2. The van der Waals surface area contributed by atoms with E-state index >= 15 is 0 Å². The van der Waals surface area contributed by atoms with Crippen LogP contribution in [0, 0.1) is 0 Å². The van der Waals surface area contributed by atoms with E-state index in [1.54, 1.807) is 0 Å². The van der Waals surface area contributed by atoms with Gasteiger partial charge in [-0.25, -0.2) is 5.11 Å². The van der Waals surface area contributed by atoms with E-state index < -0.39 is 0 Å². The Kier molecular flexibility index (Phi) is 8.12. The summed E-state index contributed by atoms with van der Waals surface area (Å²) in [5.74, 6) is 0.0805. The summed E-state index contributed by atoms with van der Waals surface area (Å²) in [5, 5.41) is 12.8. The fraction of sp³-hybridized carbons (Fsp3) is 0.889. The van der Waals surface area contributed by atoms with Crippen LogP contribution in [0.3, 0.4) is 0 Å². The maximum absolute atomic E-state index is 11.0. The molecule has 0 heterocycles. The van der Waals surface area contributed by atoms with Crippen molar-refractivity contribution in [3.63, 3.8) is 0 Å². The van der Waals surface area contributed by atoms with Gasteiger partial charge in [-0.2, -0.15) is 0 Å². The van der Waals surface area contributed by atoms with Crippen LogP contribution in [0.1, 0.15) is 39.0 Å². The highest BCUT2D eigenvalue weighted by molar-refractivity contribution is 5.75. The van der Waals surface area contributed by atoms with Gasteiger partial charge in [0.1, 0.15) is 0 Å². The van der Waals surface area contributed by atoms with Crippen LogP contribution in [-0.4, -0.2) is 19.1 Å². The van der Waals surface area contributed by atoms with Crippen molar-refractivity contribution in [2.24, 2.45) is 0 Å². The van der Waals surface area contributed by atoms with Crippen molar-refractivity contribution in [1.29, 1.82) is 0 Å². The number of rotatable bonds is 7. The van der Waals surface area contributed by atoms with Gasteiger partial charge >= 0.3 is 0 Å². The van der Waals surface area contributed by atoms with E-state index in [0.717, 1.165) is 25.8 Å². The Labute approximate surface area is 74.2 Å². The van der Waals surface area contributed by atoms with Gasteiger partial charge in [-0.15, -0.1) is 0 Å². The number of carbonyl (C=O) groups is 1. The molecule has 0 bridgehead atoms. The average Bonchev–Trinajstić information content (AvgIpc) is 2.06. The SMILES string of the molecule is CCCCNC(=O)CCCC[O]. The third-order valence-corrected chi connectivity index (χ3v) is 1.65. The van der Waals surface area contributed by atoms with Gasteiger partial charge in [-0.05, 0) is 19.3 Å². The molecule has 0 aromatic heterocycles. The molecule has 71 valence electrons. The van der Waals surface area contributed by atoms with Crippen molar-refractivity contribution < 1.29 is 9.90 Å². The average molecular weight is 172 g/mol. The molecule has 0 aromatic rings. The largest absolute Gasteiger partial charge is 0.356 e. The van der Waals surface area contributed by atoms with Crippen LogP contribution >= 0.6 is 0 Å². The molecule has 3 nitrogen and oxygen atoms in total. The van der Waals surface area contributed by atoms with Crippen LogP contribution in [-0.2, 0) is 9.90 Å². The molecule has 0 saturated heterocycles. The van der Waals surface area contributed by atoms with Crippen LogP contribution in [0.15, 0.2) is 0 Å². The summed E-state index contributed by atoms with van der Waals surface area (Å²) >= 11 is 0. The van der Waals surface area contributed by atoms with E-state index in [-0.39, 0.29) is 12.5 Å². The third-order valence-electron chi connectivity index (χ3n) is 1.65. The van der Waals surface area contributed by atoms with Gasteiger partial charge in [-0.3, -0.25) is 4.79 Å². The predicted octanol–water partition coefficient (Wildman–Crippen LogP) is 1.50. The van der Waals surface area contributed by atoms with Crippen molar-refractivity contribution in [2.75, 3.05) is 13.2 Å². The molecule has 0 aliphatic heterocycles. The molecule has 0 saturated carbocycles. The van der Waals surface area contributed by atoms with E-state index in [2.05, 4.69) is 12.2 Å². The summed E-state index contributed by atoms with van der Waals surface area (Å²) in [7, 11) is 0. The summed E-state index contributed by atoms with van der Waals surface area (Å²) < 4.78 is 0. The number of amides is 1. The van der Waals surface area contributed by atoms with E-state index in [4.69, 9.17) is 0 Å². The molecular weight excluding hydrogens is 154 g/mol. The number of nitrogens with one attached hydrogen (secondary N) is 1. The Bertz CT molecular complexity index is 103. The topological polar surface area (TPSA) is 49.0 Å². The van der Waals surface area contributed by atoms with Crippen molar-refractivity contribution in [3.8, 4) is 0 Å². The molecule has 3 heteroatoms. The standard InChI is InChI=1S/C9H18NO2/c1-2-3-7-10-9(12)6-4-5-8-11/h2-8H2,1H3,(H,10,12). The second-order valence-corrected chi connectivity index (χ2v) is 2.86. The minimum absolute atomic E-state index is 0.0672. The summed E-state index contributed by atoms with van der Waals surface area (Å²) in [6.07, 6.45) is 3.97. The van der Waals surface area contributed by atoms with Gasteiger partial charge in [0.25, 0.3) is 0 Å². The molecule has 12 heavy (non-hydrogen) atoms. The Balaban J connectivity index is 3.10. The summed E-state index contributed by atoms with van der Waals surface area (Å²) in [6, 6.07) is 0. The quantitative estimate of drug-likeness (QED) is 0.581. The van der Waals surface area contributed by atoms with Gasteiger partial charge in [0.05, 0.1) is 6.61 Å². The Morgan fingerprint density at radius 1 is 1.25 bits per heavy atom. The fourth-order valence-corrected chi connectivity index (χ4v) is 0.881. The number of hydrogen-bond acceptors (Lipinski definition) is 1. The first kappa shape index (κ1) is 11.4. The molecule has 0 aliphatic rings. The third kappa shape index (κ3) is 7.54. The molecule has 1 radical (unpaired) electrons. The minimum atomic E-state index is -0.0672. The first-order valence-electron chi connectivity index (χ1n) is 4.66. The Morgan fingerprint density at radius 2 is 2.00 bits per heavy atom. The van der Waals surface area contributed by atoms with E-state index in [1.165, 1.54) is 0 Å². The van der Waals surface area contributed by atoms with Gasteiger partial charge < -0.3 is 5.32 Å². The number of carbonyl (C=O) groups excluding carboxylic acids is 1. The maximum Gasteiger partial charge on any atom is 0.219 e. The normalized spacial score (nSPS) is 9.83. The lowest BCUT2D eigenvalue weighted by atomic mass is 10.2. The smallest absolute Gasteiger partial charge is 0.219 e. The second-order valence-electron chi connectivity index (χ2n) is 2.86. The molecule has 0 fully saturated rings. The lowest BCUT2D eigenvalue weighted by Gasteiger charge is -2.02. The molecule has 0 aliphatic carbocycles. The molecule has 1 N–H and O–H groups in total. The summed E-state index contributed by atoms with van der Waals surface area (Å²) in [4.78, 5) is 11.0. The van der Waals surface area contributed by atoms with E-state index in [0.29, 0.717) is 12.8 Å². The highest BCUT2D eigenvalue weighted by Gasteiger charge is 1.98. The summed E-state index contributed by atoms with van der Waals surface area (Å²) in [5.41, 5.74) is 0. The van der Waals surface area contributed by atoms with E-state index in [9.17, 15) is 9.90 Å². The molecule has 0 atom stereocenters. The van der Waals surface area contributed by atoms with Crippen LogP contribution in [0.2, 0.25) is 0 Å². The summed E-state index contributed by atoms with van der Waals surface area (Å²) in [6.45, 7) is 2.79. The lowest BCUT2D eigenvalue weighted by Crippen LogP contribution is -2.23. The van der Waals surface area contributed by atoms with Gasteiger partial charge in [0.15, 0.2) is 0 Å². The molecular formula is C9H18NO2. The lowest BCUT2D eigenvalue weighted by molar-refractivity contribution is -0.121. The molecule has 0 aromatic carbocycles. The highest BCUT2D eigenvalue weighted by atomic mass is 16.2. The van der Waals surface area contributed by atoms with Crippen LogP contribution in [0.5, 0.6) is 0 Å². The van der Waals surface area contributed by atoms with Crippen molar-refractivity contribution in [2.45, 2.75) is 39.0 Å². The minimum Gasteiger partial charge on any atom is -0.356 e. The zero-order valence-corrected chi connectivity index (χ0v) is 7.77. The Morgan fingerprint density at radius 3 is 2.58 bits per heavy atom. The van der Waals surface area contributed by atoms with Crippen LogP contribution in [0.25, 0.3) is 0 Å². The van der Waals surface area contributed by atoms with Crippen molar-refractivity contribution in [1.82, 2.24) is 5.32 Å². The van der Waals surface area contributed by atoms with Gasteiger partial charge in [0.2, 0.25) is 5.91 Å².